The molecule has 4 heteroatoms. The van der Waals surface area contributed by atoms with E-state index in [-0.39, 0.29) is 0 Å². The fraction of sp³-hybridized carbons (Fsp3) is 0.526. The first kappa shape index (κ1) is 65.3. The van der Waals surface area contributed by atoms with Gasteiger partial charge in [0.2, 0.25) is 0 Å². The lowest BCUT2D eigenvalue weighted by atomic mass is 9.94. The molecule has 0 unspecified atom stereocenters. The van der Waals surface area contributed by atoms with Crippen LogP contribution in [0.1, 0.15) is 261 Å². The van der Waals surface area contributed by atoms with Gasteiger partial charge in [-0.1, -0.05) is 293 Å². The van der Waals surface area contributed by atoms with Gasteiger partial charge in [-0.05, 0) is 125 Å². The van der Waals surface area contributed by atoms with Crippen molar-refractivity contribution in [3.8, 4) is 45.3 Å². The van der Waals surface area contributed by atoms with Crippen LogP contribution in [-0.2, 0) is 0 Å². The van der Waals surface area contributed by atoms with Gasteiger partial charge >= 0.3 is 0 Å². The van der Waals surface area contributed by atoms with Crippen molar-refractivity contribution in [3.63, 3.8) is 0 Å². The average Bonchev–Trinajstić information content (AvgIpc) is 3.51. The molecule has 5 aromatic carbocycles. The molecule has 5 rings (SSSR count). The molecule has 0 radical (unpaired) electrons. The molecule has 80 heavy (non-hydrogen) atoms. The van der Waals surface area contributed by atoms with E-state index in [0.717, 1.165) is 125 Å². The van der Waals surface area contributed by atoms with Crippen LogP contribution >= 0.6 is 0 Å². The first-order chi connectivity index (χ1) is 39.5. The highest BCUT2D eigenvalue weighted by Gasteiger charge is 2.11. The number of rotatable bonds is 47. The molecule has 436 valence electrons. The molecular weight excluding hydrogens is 977 g/mol. The normalized spacial score (nSPS) is 11.5. The molecule has 0 aromatic heterocycles. The number of ether oxygens (including phenoxy) is 4. The van der Waals surface area contributed by atoms with Crippen molar-refractivity contribution in [3.05, 3.63) is 138 Å². The topological polar surface area (TPSA) is 36.9 Å². The molecule has 5 aromatic rings. The van der Waals surface area contributed by atoms with Gasteiger partial charge in [0.05, 0.1) is 26.4 Å². The van der Waals surface area contributed by atoms with Crippen molar-refractivity contribution >= 4 is 30.4 Å². The summed E-state index contributed by atoms with van der Waals surface area (Å²) in [7, 11) is 0. The summed E-state index contributed by atoms with van der Waals surface area (Å²) in [5, 5.41) is 0. The van der Waals surface area contributed by atoms with E-state index in [0.29, 0.717) is 0 Å². The zero-order valence-corrected chi connectivity index (χ0v) is 51.0. The molecule has 0 N–H and O–H groups in total. The second-order valence-corrected chi connectivity index (χ2v) is 22.6. The van der Waals surface area contributed by atoms with Gasteiger partial charge in [0.15, 0.2) is 0 Å². The summed E-state index contributed by atoms with van der Waals surface area (Å²) >= 11 is 0. The van der Waals surface area contributed by atoms with E-state index >= 15 is 0 Å². The first-order valence-electron chi connectivity index (χ1n) is 32.7. The van der Waals surface area contributed by atoms with Crippen molar-refractivity contribution in [2.24, 2.45) is 0 Å². The summed E-state index contributed by atoms with van der Waals surface area (Å²) in [6.07, 6.45) is 52.0. The maximum Gasteiger partial charge on any atom is 0.126 e. The van der Waals surface area contributed by atoms with E-state index in [9.17, 15) is 0 Å². The number of benzene rings is 5. The van der Waals surface area contributed by atoms with E-state index in [4.69, 9.17) is 18.9 Å². The van der Waals surface area contributed by atoms with Crippen molar-refractivity contribution in [2.75, 3.05) is 26.4 Å². The Bertz CT molecular complexity index is 2440. The van der Waals surface area contributed by atoms with Crippen LogP contribution < -0.4 is 18.9 Å². The Morgan fingerprint density at radius 1 is 0.300 bits per heavy atom. The molecule has 0 aliphatic rings. The Morgan fingerprint density at radius 2 is 0.688 bits per heavy atom. The minimum atomic E-state index is 0.719. The third-order valence-corrected chi connectivity index (χ3v) is 15.6. The molecule has 0 atom stereocenters. The monoisotopic (exact) mass is 1080 g/mol. The second-order valence-electron chi connectivity index (χ2n) is 22.6. The maximum atomic E-state index is 6.54. The van der Waals surface area contributed by atoms with Gasteiger partial charge in [-0.15, -0.1) is 0 Å². The summed E-state index contributed by atoms with van der Waals surface area (Å²) in [6.45, 7) is 16.3. The van der Waals surface area contributed by atoms with Gasteiger partial charge in [-0.3, -0.25) is 0 Å². The molecule has 0 bridgehead atoms. The van der Waals surface area contributed by atoms with E-state index < -0.39 is 0 Å². The molecule has 0 fully saturated rings. The molecule has 0 saturated heterocycles. The second kappa shape index (κ2) is 42.4. The van der Waals surface area contributed by atoms with Crippen LogP contribution in [0.3, 0.4) is 0 Å². The number of hydrogen-bond donors (Lipinski definition) is 0. The lowest BCUT2D eigenvalue weighted by Gasteiger charge is -2.13. The summed E-state index contributed by atoms with van der Waals surface area (Å²) < 4.78 is 25.5. The highest BCUT2D eigenvalue weighted by atomic mass is 16.5. The van der Waals surface area contributed by atoms with Crippen molar-refractivity contribution in [2.45, 2.75) is 233 Å². The zero-order chi connectivity index (χ0) is 56.3. The van der Waals surface area contributed by atoms with Crippen LogP contribution in [0.4, 0.5) is 0 Å². The summed E-state index contributed by atoms with van der Waals surface area (Å²) in [4.78, 5) is 0. The summed E-state index contributed by atoms with van der Waals surface area (Å²) in [5.74, 6) is 3.65. The predicted octanol–water partition coefficient (Wildman–Crippen LogP) is 24.1. The van der Waals surface area contributed by atoms with Gasteiger partial charge in [-0.25, -0.2) is 0 Å². The largest absolute Gasteiger partial charge is 0.494 e. The van der Waals surface area contributed by atoms with Crippen LogP contribution in [0.2, 0.25) is 0 Å². The minimum Gasteiger partial charge on any atom is -0.494 e. The minimum absolute atomic E-state index is 0.719. The summed E-state index contributed by atoms with van der Waals surface area (Å²) in [5.41, 5.74) is 10.1. The molecule has 0 spiro atoms. The van der Waals surface area contributed by atoms with E-state index in [1.54, 1.807) is 0 Å². The Balaban J connectivity index is 1.35. The van der Waals surface area contributed by atoms with Gasteiger partial charge in [0.25, 0.3) is 0 Å². The van der Waals surface area contributed by atoms with Crippen LogP contribution in [0.5, 0.6) is 23.0 Å². The van der Waals surface area contributed by atoms with E-state index in [1.165, 1.54) is 180 Å². The van der Waals surface area contributed by atoms with Crippen LogP contribution in [-0.4, -0.2) is 26.4 Å². The third-order valence-electron chi connectivity index (χ3n) is 15.6. The Morgan fingerprint density at radius 3 is 1.16 bits per heavy atom. The molecule has 0 amide bonds. The van der Waals surface area contributed by atoms with E-state index in [1.807, 2.05) is 6.08 Å². The average molecular weight is 1090 g/mol. The predicted molar refractivity (Wildman–Crippen MR) is 351 cm³/mol. The van der Waals surface area contributed by atoms with E-state index in [2.05, 4.69) is 162 Å². The Kier molecular flexibility index (Phi) is 34.6. The van der Waals surface area contributed by atoms with Gasteiger partial charge in [-0.2, -0.15) is 0 Å². The van der Waals surface area contributed by atoms with Crippen LogP contribution in [0.25, 0.3) is 52.6 Å². The standard InChI is InChI=1S/C76H108O4/c1-6-11-15-19-23-27-31-35-56-77-71-52-50-68(51-53-71)75-61-65(45-49-70-63-73(79-58-37-33-29-25-21-17-13-8-3)54-55-76(70)80-59-38-34-30-26-22-18-14-9-4)44-48-67(75)47-43-64-42-46-66(10-5)74(60-64)69-40-39-41-72(62-69)78-57-36-32-28-24-20-16-12-7-2/h10,39-55,60-63H,5-9,11-38,56-59H2,1-4H3/b47-43+,49-45+. The molecule has 0 heterocycles. The molecule has 0 aliphatic heterocycles. The smallest absolute Gasteiger partial charge is 0.126 e. The fourth-order valence-corrected chi connectivity index (χ4v) is 10.6. The van der Waals surface area contributed by atoms with Crippen molar-refractivity contribution in [1.82, 2.24) is 0 Å². The number of hydrogen-bond acceptors (Lipinski definition) is 4. The molecule has 0 aliphatic carbocycles. The quantitative estimate of drug-likeness (QED) is 0.0287. The van der Waals surface area contributed by atoms with Crippen LogP contribution in [0, 0.1) is 0 Å². The van der Waals surface area contributed by atoms with Gasteiger partial charge < -0.3 is 18.9 Å². The van der Waals surface area contributed by atoms with Crippen LogP contribution in [0.15, 0.2) is 110 Å². The van der Waals surface area contributed by atoms with Gasteiger partial charge in [0.1, 0.15) is 23.0 Å². The van der Waals surface area contributed by atoms with Crippen molar-refractivity contribution in [1.29, 1.82) is 0 Å². The first-order valence-corrected chi connectivity index (χ1v) is 32.7. The highest BCUT2D eigenvalue weighted by Crippen LogP contribution is 2.34. The fourth-order valence-electron chi connectivity index (χ4n) is 10.6. The number of unbranched alkanes of at least 4 members (excludes halogenated alkanes) is 28. The summed E-state index contributed by atoms with van der Waals surface area (Å²) in [6, 6.07) is 37.1. The lowest BCUT2D eigenvalue weighted by Crippen LogP contribution is -2.01. The lowest BCUT2D eigenvalue weighted by molar-refractivity contribution is 0.295. The molecule has 0 saturated carbocycles. The highest BCUT2D eigenvalue weighted by molar-refractivity contribution is 5.86. The maximum absolute atomic E-state index is 6.54. The third kappa shape index (κ3) is 26.9. The SMILES string of the molecule is C=Cc1ccc(/C=C/c2ccc(/C=C/c3cc(OCCCCCCCCCC)ccc3OCCCCCCCCCC)cc2-c2ccc(OCCCCCCCCCC)cc2)cc1-c1cccc(OCCCCCCCCCC)c1. The molecule has 4 nitrogen and oxygen atoms in total. The Labute approximate surface area is 489 Å². The molecular formula is C76H108O4. The Hall–Kier alpha value is -5.48. The van der Waals surface area contributed by atoms with Gasteiger partial charge in [0, 0.05) is 5.56 Å². The van der Waals surface area contributed by atoms with Crippen molar-refractivity contribution < 1.29 is 18.9 Å². The zero-order valence-electron chi connectivity index (χ0n) is 51.0.